The van der Waals surface area contributed by atoms with Crippen LogP contribution in [0.15, 0.2) is 72.9 Å². The van der Waals surface area contributed by atoms with Crippen molar-refractivity contribution in [2.75, 3.05) is 5.32 Å². The van der Waals surface area contributed by atoms with Gasteiger partial charge in [0, 0.05) is 18.2 Å². The molecular weight excluding hydrogens is 353 g/mol. The summed E-state index contributed by atoms with van der Waals surface area (Å²) in [5.74, 6) is 0.165. The van der Waals surface area contributed by atoms with Crippen LogP contribution in [0.1, 0.15) is 17.5 Å². The van der Waals surface area contributed by atoms with Crippen molar-refractivity contribution in [2.45, 2.75) is 19.8 Å². The molecule has 0 aliphatic heterocycles. The van der Waals surface area contributed by atoms with Gasteiger partial charge in [-0.05, 0) is 36.6 Å². The second-order valence-corrected chi connectivity index (χ2v) is 6.70. The average molecular weight is 373 g/mol. The third-order valence-corrected chi connectivity index (χ3v) is 4.73. The van der Waals surface area contributed by atoms with E-state index in [9.17, 15) is 9.18 Å². The number of carbonyl (C=O) groups is 1. The van der Waals surface area contributed by atoms with Gasteiger partial charge in [-0.1, -0.05) is 54.6 Å². The van der Waals surface area contributed by atoms with Gasteiger partial charge in [-0.2, -0.15) is 0 Å². The fourth-order valence-corrected chi connectivity index (χ4v) is 3.26. The molecule has 2 aromatic carbocycles. The molecule has 2 aromatic heterocycles. The molecule has 4 nitrogen and oxygen atoms in total. The van der Waals surface area contributed by atoms with Crippen LogP contribution in [0.2, 0.25) is 0 Å². The quantitative estimate of drug-likeness (QED) is 0.534. The lowest BCUT2D eigenvalue weighted by Gasteiger charge is -2.08. The number of hydrogen-bond acceptors (Lipinski definition) is 2. The van der Waals surface area contributed by atoms with Crippen LogP contribution in [0.25, 0.3) is 16.9 Å². The van der Waals surface area contributed by atoms with Crippen LogP contribution in [-0.2, 0) is 11.2 Å². The Kier molecular flexibility index (Phi) is 4.89. The molecule has 140 valence electrons. The number of carbonyl (C=O) groups excluding carboxylic acids is 1. The zero-order chi connectivity index (χ0) is 19.5. The first-order valence-electron chi connectivity index (χ1n) is 9.20. The number of aromatic nitrogens is 2. The number of imidazole rings is 1. The Morgan fingerprint density at radius 1 is 1.04 bits per heavy atom. The first-order valence-corrected chi connectivity index (χ1v) is 9.20. The Morgan fingerprint density at radius 2 is 1.79 bits per heavy atom. The van der Waals surface area contributed by atoms with Gasteiger partial charge in [-0.25, -0.2) is 9.37 Å². The van der Waals surface area contributed by atoms with Crippen LogP contribution < -0.4 is 5.32 Å². The van der Waals surface area contributed by atoms with E-state index in [2.05, 4.69) is 5.32 Å². The Morgan fingerprint density at radius 3 is 2.57 bits per heavy atom. The molecule has 0 bridgehead atoms. The molecule has 0 unspecified atom stereocenters. The molecule has 5 heteroatoms. The molecule has 0 spiro atoms. The molecule has 4 rings (SSSR count). The van der Waals surface area contributed by atoms with Gasteiger partial charge in [-0.3, -0.25) is 9.20 Å². The molecular formula is C23H20FN3O. The minimum absolute atomic E-state index is 0.177. The molecule has 28 heavy (non-hydrogen) atoms. The largest absolute Gasteiger partial charge is 0.310 e. The van der Waals surface area contributed by atoms with E-state index in [4.69, 9.17) is 4.98 Å². The topological polar surface area (TPSA) is 46.4 Å². The number of fused-ring (bicyclic) bond motifs is 1. The summed E-state index contributed by atoms with van der Waals surface area (Å²) in [5.41, 5.74) is 4.00. The number of nitrogens with one attached hydrogen (secondary N) is 1. The van der Waals surface area contributed by atoms with E-state index in [-0.39, 0.29) is 18.1 Å². The monoisotopic (exact) mass is 373 g/mol. The summed E-state index contributed by atoms with van der Waals surface area (Å²) in [6, 6.07) is 20.2. The first-order chi connectivity index (χ1) is 13.6. The number of amides is 1. The van der Waals surface area contributed by atoms with Crippen molar-refractivity contribution in [3.05, 3.63) is 89.9 Å². The van der Waals surface area contributed by atoms with Gasteiger partial charge in [0.1, 0.15) is 23.0 Å². The Labute approximate surface area is 162 Å². The van der Waals surface area contributed by atoms with Crippen molar-refractivity contribution in [2.24, 2.45) is 0 Å². The smallest absolute Gasteiger partial charge is 0.225 e. The van der Waals surface area contributed by atoms with Gasteiger partial charge < -0.3 is 5.32 Å². The number of anilines is 1. The summed E-state index contributed by atoms with van der Waals surface area (Å²) in [4.78, 5) is 17.4. The molecule has 0 atom stereocenters. The molecule has 0 saturated heterocycles. The molecule has 0 radical (unpaired) electrons. The minimum atomic E-state index is -0.286. The van der Waals surface area contributed by atoms with Crippen LogP contribution in [-0.4, -0.2) is 15.3 Å². The number of aryl methyl sites for hydroxylation is 2. The lowest BCUT2D eigenvalue weighted by molar-refractivity contribution is -0.116. The van der Waals surface area contributed by atoms with E-state index < -0.39 is 0 Å². The lowest BCUT2D eigenvalue weighted by Crippen LogP contribution is -2.14. The van der Waals surface area contributed by atoms with E-state index in [0.717, 1.165) is 16.8 Å². The van der Waals surface area contributed by atoms with E-state index in [0.29, 0.717) is 23.5 Å². The van der Waals surface area contributed by atoms with Crippen molar-refractivity contribution < 1.29 is 9.18 Å². The highest BCUT2D eigenvalue weighted by atomic mass is 19.1. The van der Waals surface area contributed by atoms with Gasteiger partial charge in [-0.15, -0.1) is 0 Å². The molecule has 4 aromatic rings. The van der Waals surface area contributed by atoms with E-state index in [1.807, 2.05) is 60.0 Å². The molecule has 0 aliphatic rings. The SMILES string of the molecule is Cc1cccn2c(NC(=O)CCc3ccccc3F)c(-c3ccccc3)nc12. The maximum Gasteiger partial charge on any atom is 0.225 e. The number of benzene rings is 2. The minimum Gasteiger partial charge on any atom is -0.310 e. The summed E-state index contributed by atoms with van der Waals surface area (Å²) in [5, 5.41) is 2.99. The van der Waals surface area contributed by atoms with Gasteiger partial charge in [0.15, 0.2) is 0 Å². The summed E-state index contributed by atoms with van der Waals surface area (Å²) in [7, 11) is 0. The van der Waals surface area contributed by atoms with Crippen LogP contribution in [0.3, 0.4) is 0 Å². The van der Waals surface area contributed by atoms with Crippen molar-refractivity contribution in [3.8, 4) is 11.3 Å². The van der Waals surface area contributed by atoms with Crippen LogP contribution in [0.5, 0.6) is 0 Å². The summed E-state index contributed by atoms with van der Waals surface area (Å²) < 4.78 is 15.7. The number of nitrogens with zero attached hydrogens (tertiary/aromatic N) is 2. The third-order valence-electron chi connectivity index (χ3n) is 4.73. The average Bonchev–Trinajstić information content (AvgIpc) is 3.08. The molecule has 2 heterocycles. The molecule has 1 N–H and O–H groups in total. The standard InChI is InChI=1S/C23H20FN3O/c1-16-8-7-15-27-22(16)26-21(18-10-3-2-4-11-18)23(27)25-20(28)14-13-17-9-5-6-12-19(17)24/h2-12,15H,13-14H2,1H3,(H,25,28). The van der Waals surface area contributed by atoms with Crippen molar-refractivity contribution in [1.82, 2.24) is 9.38 Å². The Balaban J connectivity index is 1.65. The van der Waals surface area contributed by atoms with Gasteiger partial charge in [0.2, 0.25) is 5.91 Å². The maximum atomic E-state index is 13.8. The van der Waals surface area contributed by atoms with Crippen LogP contribution >= 0.6 is 0 Å². The Bertz CT molecular complexity index is 1140. The normalized spacial score (nSPS) is 10.9. The fraction of sp³-hybridized carbons (Fsp3) is 0.130. The van der Waals surface area contributed by atoms with Crippen molar-refractivity contribution >= 4 is 17.4 Å². The first kappa shape index (κ1) is 17.9. The second-order valence-electron chi connectivity index (χ2n) is 6.70. The van der Waals surface area contributed by atoms with Crippen molar-refractivity contribution in [3.63, 3.8) is 0 Å². The highest BCUT2D eigenvalue weighted by Gasteiger charge is 2.17. The number of hydrogen-bond donors (Lipinski definition) is 1. The highest BCUT2D eigenvalue weighted by Crippen LogP contribution is 2.30. The van der Waals surface area contributed by atoms with E-state index >= 15 is 0 Å². The van der Waals surface area contributed by atoms with Gasteiger partial charge >= 0.3 is 0 Å². The highest BCUT2D eigenvalue weighted by molar-refractivity contribution is 5.94. The zero-order valence-electron chi connectivity index (χ0n) is 15.5. The van der Waals surface area contributed by atoms with Crippen molar-refractivity contribution in [1.29, 1.82) is 0 Å². The number of halogens is 1. The van der Waals surface area contributed by atoms with E-state index in [1.54, 1.807) is 18.2 Å². The second kappa shape index (κ2) is 7.64. The predicted octanol–water partition coefficient (Wildman–Crippen LogP) is 5.02. The zero-order valence-corrected chi connectivity index (χ0v) is 15.5. The van der Waals surface area contributed by atoms with Gasteiger partial charge in [0.05, 0.1) is 0 Å². The molecule has 0 fully saturated rings. The summed E-state index contributed by atoms with van der Waals surface area (Å²) in [6.07, 6.45) is 2.41. The third kappa shape index (κ3) is 3.51. The summed E-state index contributed by atoms with van der Waals surface area (Å²) >= 11 is 0. The lowest BCUT2D eigenvalue weighted by atomic mass is 10.1. The van der Waals surface area contributed by atoms with Crippen LogP contribution in [0.4, 0.5) is 10.2 Å². The molecule has 0 aliphatic carbocycles. The number of pyridine rings is 1. The van der Waals surface area contributed by atoms with E-state index in [1.165, 1.54) is 6.07 Å². The summed E-state index contributed by atoms with van der Waals surface area (Å²) in [6.45, 7) is 1.99. The number of rotatable bonds is 5. The van der Waals surface area contributed by atoms with Crippen LogP contribution in [0, 0.1) is 12.7 Å². The maximum absolute atomic E-state index is 13.8. The molecule has 0 saturated carbocycles. The fourth-order valence-electron chi connectivity index (χ4n) is 3.26. The van der Waals surface area contributed by atoms with Gasteiger partial charge in [0.25, 0.3) is 0 Å². The molecule has 1 amide bonds. The predicted molar refractivity (Wildman–Crippen MR) is 109 cm³/mol. The Hall–Kier alpha value is -3.47.